The van der Waals surface area contributed by atoms with Gasteiger partial charge in [0.2, 0.25) is 0 Å². The summed E-state index contributed by atoms with van der Waals surface area (Å²) >= 11 is 5.18. The van der Waals surface area contributed by atoms with Crippen molar-refractivity contribution in [1.82, 2.24) is 4.98 Å². The highest BCUT2D eigenvalue weighted by atomic mass is 79.9. The zero-order valence-corrected chi connectivity index (χ0v) is 11.4. The Morgan fingerprint density at radius 1 is 1.50 bits per heavy atom. The Balaban J connectivity index is 1.96. The quantitative estimate of drug-likeness (QED) is 0.858. The van der Waals surface area contributed by atoms with Crippen molar-refractivity contribution >= 4 is 33.5 Å². The zero-order chi connectivity index (χ0) is 11.4. The monoisotopic (exact) mass is 299 g/mol. The van der Waals surface area contributed by atoms with Crippen LogP contribution in [0, 0.1) is 0 Å². The fourth-order valence-electron chi connectivity index (χ4n) is 1.86. The molecule has 2 rings (SSSR count). The van der Waals surface area contributed by atoms with Crippen LogP contribution in [0.2, 0.25) is 0 Å². The second kappa shape index (κ2) is 5.82. The minimum Gasteiger partial charge on any atom is -0.298 e. The summed E-state index contributed by atoms with van der Waals surface area (Å²) in [5.74, 6) is 1.48. The number of rotatable bonds is 3. The normalized spacial score (nSPS) is 20.7. The second-order valence-corrected chi connectivity index (χ2v) is 6.24. The number of carbonyl (C=O) groups is 1. The topological polar surface area (TPSA) is 30.0 Å². The van der Waals surface area contributed by atoms with Gasteiger partial charge in [0.1, 0.15) is 5.78 Å². The lowest BCUT2D eigenvalue weighted by Gasteiger charge is -2.19. The van der Waals surface area contributed by atoms with E-state index in [2.05, 4.69) is 20.9 Å². The molecule has 1 aliphatic rings. The third kappa shape index (κ3) is 3.32. The first-order valence-corrected chi connectivity index (χ1v) is 7.33. The molecule has 1 saturated heterocycles. The van der Waals surface area contributed by atoms with Crippen molar-refractivity contribution in [2.24, 2.45) is 0 Å². The van der Waals surface area contributed by atoms with E-state index < -0.39 is 0 Å². The van der Waals surface area contributed by atoms with Crippen LogP contribution in [-0.4, -0.2) is 21.8 Å². The van der Waals surface area contributed by atoms with Gasteiger partial charge in [0.15, 0.2) is 0 Å². The lowest BCUT2D eigenvalue weighted by Crippen LogP contribution is -2.22. The molecule has 0 radical (unpaired) electrons. The van der Waals surface area contributed by atoms with E-state index in [1.54, 1.807) is 12.4 Å². The Morgan fingerprint density at radius 3 is 3.06 bits per heavy atom. The number of thioether (sulfide) groups is 1. The van der Waals surface area contributed by atoms with E-state index in [0.717, 1.165) is 22.2 Å². The average molecular weight is 300 g/mol. The molecule has 1 atom stereocenters. The van der Waals surface area contributed by atoms with E-state index >= 15 is 0 Å². The highest BCUT2D eigenvalue weighted by molar-refractivity contribution is 9.10. The van der Waals surface area contributed by atoms with Gasteiger partial charge >= 0.3 is 0 Å². The van der Waals surface area contributed by atoms with Gasteiger partial charge in [-0.05, 0) is 46.2 Å². The number of ketones is 1. The molecule has 0 bridgehead atoms. The highest BCUT2D eigenvalue weighted by Gasteiger charge is 2.21. The molecule has 1 unspecified atom stereocenters. The minimum absolute atomic E-state index is 0.215. The summed E-state index contributed by atoms with van der Waals surface area (Å²) in [4.78, 5) is 16.1. The smallest absolute Gasteiger partial charge is 0.150 e. The average Bonchev–Trinajstić information content (AvgIpc) is 2.30. The summed E-state index contributed by atoms with van der Waals surface area (Å²) in [6, 6.07) is 1.97. The molecule has 16 heavy (non-hydrogen) atoms. The molecule has 1 aromatic rings. The zero-order valence-electron chi connectivity index (χ0n) is 8.99. The third-order valence-corrected chi connectivity index (χ3v) is 4.54. The molecule has 1 aromatic heterocycles. The Hall–Kier alpha value is -0.350. The minimum atomic E-state index is 0.215. The number of aromatic nitrogens is 1. The Bertz CT molecular complexity index is 377. The molecule has 0 aromatic carbocycles. The van der Waals surface area contributed by atoms with E-state index in [-0.39, 0.29) is 5.25 Å². The van der Waals surface area contributed by atoms with Gasteiger partial charge in [0, 0.05) is 23.3 Å². The second-order valence-electron chi connectivity index (χ2n) is 4.01. The van der Waals surface area contributed by atoms with Gasteiger partial charge in [-0.3, -0.25) is 9.78 Å². The first-order valence-electron chi connectivity index (χ1n) is 5.49. The van der Waals surface area contributed by atoms with Crippen molar-refractivity contribution in [2.45, 2.75) is 30.9 Å². The van der Waals surface area contributed by atoms with Crippen molar-refractivity contribution in [3.8, 4) is 0 Å². The summed E-state index contributed by atoms with van der Waals surface area (Å²) in [5, 5.41) is 0.215. The molecule has 1 fully saturated rings. The van der Waals surface area contributed by atoms with Gasteiger partial charge in [-0.2, -0.15) is 11.8 Å². The molecule has 0 spiro atoms. The number of carbonyl (C=O) groups excluding carboxylic acids is 1. The van der Waals surface area contributed by atoms with Crippen LogP contribution in [0.15, 0.2) is 22.9 Å². The molecular formula is C12H14BrNOS. The SMILES string of the molecule is O=C(Cc1cncc(Br)c1)C1CCCCS1. The van der Waals surface area contributed by atoms with E-state index in [1.807, 2.05) is 17.8 Å². The molecule has 1 aliphatic heterocycles. The van der Waals surface area contributed by atoms with E-state index in [0.29, 0.717) is 12.2 Å². The maximum atomic E-state index is 12.0. The Labute approximate surface area is 108 Å². The van der Waals surface area contributed by atoms with Crippen LogP contribution in [0.5, 0.6) is 0 Å². The molecule has 2 nitrogen and oxygen atoms in total. The molecule has 2 heterocycles. The first kappa shape index (κ1) is 12.1. The largest absolute Gasteiger partial charge is 0.298 e. The van der Waals surface area contributed by atoms with Crippen LogP contribution in [0.1, 0.15) is 24.8 Å². The maximum Gasteiger partial charge on any atom is 0.150 e. The fourth-order valence-corrected chi connectivity index (χ4v) is 3.53. The summed E-state index contributed by atoms with van der Waals surface area (Å²) in [7, 11) is 0. The van der Waals surface area contributed by atoms with Crippen LogP contribution < -0.4 is 0 Å². The van der Waals surface area contributed by atoms with Crippen LogP contribution in [0.3, 0.4) is 0 Å². The molecule has 0 N–H and O–H groups in total. The maximum absolute atomic E-state index is 12.0. The molecular weight excluding hydrogens is 286 g/mol. The third-order valence-electron chi connectivity index (χ3n) is 2.68. The van der Waals surface area contributed by atoms with Gasteiger partial charge in [-0.25, -0.2) is 0 Å². The standard InChI is InChI=1S/C12H14BrNOS/c13-10-5-9(7-14-8-10)6-11(15)12-3-1-2-4-16-12/h5,7-8,12H,1-4,6H2. The summed E-state index contributed by atoms with van der Waals surface area (Å²) in [6.07, 6.45) is 7.53. The predicted molar refractivity (Wildman–Crippen MR) is 70.7 cm³/mol. The molecule has 0 saturated carbocycles. The van der Waals surface area contributed by atoms with Gasteiger partial charge in [-0.1, -0.05) is 6.42 Å². The Kier molecular flexibility index (Phi) is 4.41. The Morgan fingerprint density at radius 2 is 2.38 bits per heavy atom. The van der Waals surface area contributed by atoms with Crippen LogP contribution in [0.25, 0.3) is 0 Å². The molecule has 0 amide bonds. The molecule has 0 aliphatic carbocycles. The van der Waals surface area contributed by atoms with Crippen molar-refractivity contribution in [3.63, 3.8) is 0 Å². The number of hydrogen-bond donors (Lipinski definition) is 0. The van der Waals surface area contributed by atoms with Gasteiger partial charge in [0.25, 0.3) is 0 Å². The first-order chi connectivity index (χ1) is 7.75. The summed E-state index contributed by atoms with van der Waals surface area (Å²) in [5.41, 5.74) is 1.01. The lowest BCUT2D eigenvalue weighted by molar-refractivity contribution is -0.118. The number of halogens is 1. The highest BCUT2D eigenvalue weighted by Crippen LogP contribution is 2.26. The number of hydrogen-bond acceptors (Lipinski definition) is 3. The van der Waals surface area contributed by atoms with E-state index in [4.69, 9.17) is 0 Å². The van der Waals surface area contributed by atoms with Gasteiger partial charge in [-0.15, -0.1) is 0 Å². The number of nitrogens with zero attached hydrogens (tertiary/aromatic N) is 1. The van der Waals surface area contributed by atoms with Gasteiger partial charge < -0.3 is 0 Å². The van der Waals surface area contributed by atoms with Gasteiger partial charge in [0.05, 0.1) is 5.25 Å². The predicted octanol–water partition coefficient (Wildman–Crippen LogP) is 3.24. The van der Waals surface area contributed by atoms with E-state index in [9.17, 15) is 4.79 Å². The number of Topliss-reactive ketones (excluding diaryl/α,β-unsaturated/α-hetero) is 1. The lowest BCUT2D eigenvalue weighted by atomic mass is 10.0. The van der Waals surface area contributed by atoms with Crippen LogP contribution >= 0.6 is 27.7 Å². The van der Waals surface area contributed by atoms with Crippen LogP contribution in [0.4, 0.5) is 0 Å². The van der Waals surface area contributed by atoms with Crippen molar-refractivity contribution in [2.75, 3.05) is 5.75 Å². The van der Waals surface area contributed by atoms with Crippen molar-refractivity contribution < 1.29 is 4.79 Å². The summed E-state index contributed by atoms with van der Waals surface area (Å²) in [6.45, 7) is 0. The van der Waals surface area contributed by atoms with Crippen LogP contribution in [-0.2, 0) is 11.2 Å². The van der Waals surface area contributed by atoms with Crippen molar-refractivity contribution in [3.05, 3.63) is 28.5 Å². The fraction of sp³-hybridized carbons (Fsp3) is 0.500. The molecule has 86 valence electrons. The molecule has 4 heteroatoms. The van der Waals surface area contributed by atoms with Crippen molar-refractivity contribution in [1.29, 1.82) is 0 Å². The van der Waals surface area contributed by atoms with E-state index in [1.165, 1.54) is 12.8 Å². The summed E-state index contributed by atoms with van der Waals surface area (Å²) < 4.78 is 0.939. The number of pyridine rings is 1.